The van der Waals surface area contributed by atoms with Gasteiger partial charge in [-0.15, -0.1) is 0 Å². The second-order valence-corrected chi connectivity index (χ2v) is 4.08. The van der Waals surface area contributed by atoms with Gasteiger partial charge in [0.15, 0.2) is 0 Å². The van der Waals surface area contributed by atoms with Crippen LogP contribution < -0.4 is 15.4 Å². The van der Waals surface area contributed by atoms with Gasteiger partial charge in [-0.1, -0.05) is 6.07 Å². The van der Waals surface area contributed by atoms with Crippen molar-refractivity contribution < 1.29 is 14.3 Å². The van der Waals surface area contributed by atoms with Crippen LogP contribution in [0.1, 0.15) is 13.3 Å². The van der Waals surface area contributed by atoms with Crippen molar-refractivity contribution in [2.45, 2.75) is 19.4 Å². The van der Waals surface area contributed by atoms with Crippen molar-refractivity contribution in [2.75, 3.05) is 31.0 Å². The van der Waals surface area contributed by atoms with Crippen LogP contribution in [0.4, 0.5) is 11.4 Å². The molecule has 2 N–H and O–H groups in total. The average molecular weight is 250 g/mol. The van der Waals surface area contributed by atoms with Gasteiger partial charge in [0.05, 0.1) is 12.3 Å². The van der Waals surface area contributed by atoms with Crippen LogP contribution in [0.3, 0.4) is 0 Å². The van der Waals surface area contributed by atoms with E-state index in [9.17, 15) is 4.79 Å². The molecule has 0 radical (unpaired) electrons. The first-order valence-electron chi connectivity index (χ1n) is 6.08. The standard InChI is InChI=1S/C13H18N2O3/c1-3-18-11-6-4-5-9-12(11)15-13(16)10(14-9)7-8-17-2/h4-6,10,14H,3,7-8H2,1-2H3,(H,15,16). The number of carbonyl (C=O) groups excluding carboxylic acids is 1. The van der Waals surface area contributed by atoms with Crippen LogP contribution in [0.5, 0.6) is 5.75 Å². The second-order valence-electron chi connectivity index (χ2n) is 4.08. The van der Waals surface area contributed by atoms with Crippen molar-refractivity contribution in [3.63, 3.8) is 0 Å². The first kappa shape index (κ1) is 12.7. The van der Waals surface area contributed by atoms with Crippen molar-refractivity contribution in [3.8, 4) is 5.75 Å². The summed E-state index contributed by atoms with van der Waals surface area (Å²) in [6.45, 7) is 3.03. The van der Waals surface area contributed by atoms with E-state index in [0.717, 1.165) is 11.4 Å². The number of rotatable bonds is 5. The molecule has 1 aliphatic rings. The molecule has 18 heavy (non-hydrogen) atoms. The molecule has 5 nitrogen and oxygen atoms in total. The smallest absolute Gasteiger partial charge is 0.247 e. The Hall–Kier alpha value is -1.75. The van der Waals surface area contributed by atoms with Crippen LogP contribution in [0.25, 0.3) is 0 Å². The number of methoxy groups -OCH3 is 1. The zero-order chi connectivity index (χ0) is 13.0. The summed E-state index contributed by atoms with van der Waals surface area (Å²) in [5.74, 6) is 0.646. The Labute approximate surface area is 106 Å². The predicted molar refractivity (Wildman–Crippen MR) is 70.1 cm³/mol. The zero-order valence-corrected chi connectivity index (χ0v) is 10.7. The molecule has 1 aliphatic heterocycles. The van der Waals surface area contributed by atoms with Gasteiger partial charge in [0, 0.05) is 13.7 Å². The molecular formula is C13H18N2O3. The Morgan fingerprint density at radius 2 is 2.22 bits per heavy atom. The third-order valence-electron chi connectivity index (χ3n) is 2.83. The Balaban J connectivity index is 2.19. The molecule has 0 bridgehead atoms. The lowest BCUT2D eigenvalue weighted by Gasteiger charge is -2.27. The van der Waals surface area contributed by atoms with Crippen molar-refractivity contribution >= 4 is 17.3 Å². The first-order valence-corrected chi connectivity index (χ1v) is 6.08. The SMILES string of the molecule is CCOc1cccc2c1NC(=O)C(CCOC)N2. The fraction of sp³-hybridized carbons (Fsp3) is 0.462. The molecule has 1 atom stereocenters. The lowest BCUT2D eigenvalue weighted by atomic mass is 10.1. The Kier molecular flexibility index (Phi) is 4.04. The fourth-order valence-electron chi connectivity index (χ4n) is 1.96. The number of nitrogens with one attached hydrogen (secondary N) is 2. The number of anilines is 2. The number of ether oxygens (including phenoxy) is 2. The summed E-state index contributed by atoms with van der Waals surface area (Å²) in [6, 6.07) is 5.42. The van der Waals surface area contributed by atoms with E-state index in [1.165, 1.54) is 0 Å². The number of amides is 1. The van der Waals surface area contributed by atoms with E-state index in [4.69, 9.17) is 9.47 Å². The Bertz CT molecular complexity index is 434. The topological polar surface area (TPSA) is 59.6 Å². The molecule has 0 spiro atoms. The molecule has 1 aromatic rings. The predicted octanol–water partition coefficient (Wildman–Crippen LogP) is 1.85. The van der Waals surface area contributed by atoms with E-state index in [1.807, 2.05) is 25.1 Å². The van der Waals surface area contributed by atoms with Gasteiger partial charge in [-0.3, -0.25) is 4.79 Å². The third-order valence-corrected chi connectivity index (χ3v) is 2.83. The van der Waals surface area contributed by atoms with Gasteiger partial charge >= 0.3 is 0 Å². The average Bonchev–Trinajstić information content (AvgIpc) is 2.37. The van der Waals surface area contributed by atoms with Crippen molar-refractivity contribution in [1.82, 2.24) is 0 Å². The van der Waals surface area contributed by atoms with Gasteiger partial charge in [-0.25, -0.2) is 0 Å². The normalized spacial score (nSPS) is 17.7. The highest BCUT2D eigenvalue weighted by molar-refractivity contribution is 6.04. The molecule has 1 unspecified atom stereocenters. The van der Waals surface area contributed by atoms with E-state index >= 15 is 0 Å². The number of hydrogen-bond donors (Lipinski definition) is 2. The molecule has 0 saturated carbocycles. The molecule has 98 valence electrons. The molecule has 1 heterocycles. The zero-order valence-electron chi connectivity index (χ0n) is 10.7. The molecule has 0 fully saturated rings. The monoisotopic (exact) mass is 250 g/mol. The summed E-state index contributed by atoms with van der Waals surface area (Å²) in [5.41, 5.74) is 1.61. The summed E-state index contributed by atoms with van der Waals surface area (Å²) in [5, 5.41) is 6.10. The largest absolute Gasteiger partial charge is 0.492 e. The third kappa shape index (κ3) is 2.56. The number of fused-ring (bicyclic) bond motifs is 1. The van der Waals surface area contributed by atoms with E-state index < -0.39 is 0 Å². The number of benzene rings is 1. The van der Waals surface area contributed by atoms with E-state index in [2.05, 4.69) is 10.6 Å². The van der Waals surface area contributed by atoms with Crippen molar-refractivity contribution in [2.24, 2.45) is 0 Å². The number of para-hydroxylation sites is 1. The highest BCUT2D eigenvalue weighted by Gasteiger charge is 2.26. The highest BCUT2D eigenvalue weighted by atomic mass is 16.5. The lowest BCUT2D eigenvalue weighted by molar-refractivity contribution is -0.117. The molecule has 0 saturated heterocycles. The van der Waals surface area contributed by atoms with E-state index in [0.29, 0.717) is 25.4 Å². The molecule has 0 aromatic heterocycles. The van der Waals surface area contributed by atoms with Crippen molar-refractivity contribution in [3.05, 3.63) is 18.2 Å². The maximum Gasteiger partial charge on any atom is 0.247 e. The van der Waals surface area contributed by atoms with Gasteiger partial charge in [0.2, 0.25) is 5.91 Å². The lowest BCUT2D eigenvalue weighted by Crippen LogP contribution is -2.39. The minimum absolute atomic E-state index is 0.0493. The highest BCUT2D eigenvalue weighted by Crippen LogP contribution is 2.36. The maximum absolute atomic E-state index is 11.9. The summed E-state index contributed by atoms with van der Waals surface area (Å²) >= 11 is 0. The van der Waals surface area contributed by atoms with E-state index in [1.54, 1.807) is 7.11 Å². The van der Waals surface area contributed by atoms with Crippen LogP contribution in [-0.4, -0.2) is 32.3 Å². The number of carbonyl (C=O) groups is 1. The van der Waals surface area contributed by atoms with Gasteiger partial charge in [0.25, 0.3) is 0 Å². The van der Waals surface area contributed by atoms with Gasteiger partial charge in [0.1, 0.15) is 17.5 Å². The van der Waals surface area contributed by atoms with Gasteiger partial charge < -0.3 is 20.1 Å². The molecule has 5 heteroatoms. The van der Waals surface area contributed by atoms with Gasteiger partial charge in [-0.2, -0.15) is 0 Å². The quantitative estimate of drug-likeness (QED) is 0.837. The summed E-state index contributed by atoms with van der Waals surface area (Å²) < 4.78 is 10.5. The van der Waals surface area contributed by atoms with Crippen molar-refractivity contribution in [1.29, 1.82) is 0 Å². The Morgan fingerprint density at radius 3 is 2.94 bits per heavy atom. The first-order chi connectivity index (χ1) is 8.76. The minimum atomic E-state index is -0.255. The summed E-state index contributed by atoms with van der Waals surface area (Å²) in [6.07, 6.45) is 0.640. The van der Waals surface area contributed by atoms with E-state index in [-0.39, 0.29) is 11.9 Å². The molecule has 1 aromatic carbocycles. The maximum atomic E-state index is 11.9. The molecule has 2 rings (SSSR count). The van der Waals surface area contributed by atoms with Gasteiger partial charge in [-0.05, 0) is 25.5 Å². The van der Waals surface area contributed by atoms with Crippen LogP contribution in [0.2, 0.25) is 0 Å². The van der Waals surface area contributed by atoms with Crippen LogP contribution >= 0.6 is 0 Å². The summed E-state index contributed by atoms with van der Waals surface area (Å²) in [7, 11) is 1.63. The van der Waals surface area contributed by atoms with Crippen LogP contribution in [-0.2, 0) is 9.53 Å². The minimum Gasteiger partial charge on any atom is -0.492 e. The second kappa shape index (κ2) is 5.73. The van der Waals surface area contributed by atoms with Crippen LogP contribution in [0, 0.1) is 0 Å². The fourth-order valence-corrected chi connectivity index (χ4v) is 1.96. The Morgan fingerprint density at radius 1 is 1.39 bits per heavy atom. The molecule has 0 aliphatic carbocycles. The van der Waals surface area contributed by atoms with Crippen LogP contribution in [0.15, 0.2) is 18.2 Å². The summed E-state index contributed by atoms with van der Waals surface area (Å²) in [4.78, 5) is 11.9. The number of hydrogen-bond acceptors (Lipinski definition) is 4. The molecular weight excluding hydrogens is 232 g/mol. The molecule has 1 amide bonds.